The first-order chi connectivity index (χ1) is 39.2. The smallest absolute Gasteiger partial charge is 0.0742 e. The fourth-order valence-corrected chi connectivity index (χ4v) is 14.8. The third-order valence-electron chi connectivity index (χ3n) is 18.4. The summed E-state index contributed by atoms with van der Waals surface area (Å²) in [5.74, 6) is 0. The molecule has 0 bridgehead atoms. The van der Waals surface area contributed by atoms with Crippen LogP contribution in [-0.2, 0) is 29.1 Å². The van der Waals surface area contributed by atoms with Crippen molar-refractivity contribution in [2.24, 2.45) is 0 Å². The zero-order valence-corrected chi connectivity index (χ0v) is 51.2. The maximum atomic E-state index is 4.06. The van der Waals surface area contributed by atoms with E-state index in [-0.39, 0.29) is 0 Å². The van der Waals surface area contributed by atoms with E-state index in [9.17, 15) is 0 Å². The van der Waals surface area contributed by atoms with Crippen molar-refractivity contribution in [2.75, 3.05) is 9.80 Å². The molecular weight excluding hydrogens is 1110 g/mol. The molecule has 4 heteroatoms. The molecule has 1 aliphatic carbocycles. The summed E-state index contributed by atoms with van der Waals surface area (Å²) in [6.07, 6.45) is 6.84. The molecule has 0 fully saturated rings. The maximum Gasteiger partial charge on any atom is 0.0742 e. The van der Waals surface area contributed by atoms with E-state index in [2.05, 4.69) is 303 Å². The minimum Gasteiger partial charge on any atom is -0.310 e. The van der Waals surface area contributed by atoms with Crippen molar-refractivity contribution in [1.82, 2.24) is 0 Å². The van der Waals surface area contributed by atoms with E-state index in [1.807, 2.05) is 0 Å². The Bertz CT molecular complexity index is 3670. The molecular formula is C77H70Br2N2. The summed E-state index contributed by atoms with van der Waals surface area (Å²) in [6, 6.07) is 80.9. The average Bonchev–Trinajstić information content (AvgIpc) is 3.89. The van der Waals surface area contributed by atoms with E-state index in [0.717, 1.165) is 33.2 Å². The van der Waals surface area contributed by atoms with Crippen molar-refractivity contribution >= 4 is 66.0 Å². The molecule has 13 rings (SSSR count). The highest BCUT2D eigenvalue weighted by atomic mass is 79.9. The maximum absolute atomic E-state index is 4.06. The second kappa shape index (κ2) is 20.6. The molecule has 10 aromatic carbocycles. The Labute approximate surface area is 497 Å². The number of benzene rings is 10. The number of aryl methyl sites for hydroxylation is 6. The highest BCUT2D eigenvalue weighted by Gasteiger charge is 2.52. The lowest BCUT2D eigenvalue weighted by Crippen LogP contribution is -2.38. The average molecular weight is 1180 g/mol. The number of rotatable bonds is 12. The molecule has 0 atom stereocenters. The standard InChI is InChI=1S/C77H70Br2N2/c1-9-11-13-53-23-37-61(38-24-53)80-71-41-35-59(78)43-67(71)76(55-27-15-49(3)16-28-55,56-29-17-50(4)18-30-56)69-45-63-64-46-70-74(48-66(64)75(7,8)65(63)47-73(69)80)81(62-39-25-54(26-40-62)14-12-10-2)72-42-36-60(79)44-68(72)77(70,57-31-19-51(5)20-32-57)58-33-21-52(6)22-34-58/h15-48H,9-14H2,1-8H3. The van der Waals surface area contributed by atoms with Crippen LogP contribution in [0.1, 0.15) is 142 Å². The lowest BCUT2D eigenvalue weighted by Gasteiger charge is -2.47. The van der Waals surface area contributed by atoms with Gasteiger partial charge in [-0.25, -0.2) is 0 Å². The summed E-state index contributed by atoms with van der Waals surface area (Å²) in [4.78, 5) is 5.15. The predicted molar refractivity (Wildman–Crippen MR) is 349 cm³/mol. The number of unbranched alkanes of at least 4 members (excludes halogenated alkanes) is 2. The van der Waals surface area contributed by atoms with Gasteiger partial charge < -0.3 is 9.80 Å². The quantitative estimate of drug-likeness (QED) is 0.120. The normalized spacial score (nSPS) is 14.8. The van der Waals surface area contributed by atoms with Gasteiger partial charge in [-0.1, -0.05) is 216 Å². The minimum atomic E-state index is -0.706. The van der Waals surface area contributed by atoms with Gasteiger partial charge in [0, 0.05) is 25.7 Å². The van der Waals surface area contributed by atoms with E-state index in [1.54, 1.807) is 0 Å². The van der Waals surface area contributed by atoms with Crippen molar-refractivity contribution in [3.8, 4) is 11.1 Å². The first-order valence-corrected chi connectivity index (χ1v) is 30.9. The van der Waals surface area contributed by atoms with E-state index < -0.39 is 16.2 Å². The van der Waals surface area contributed by atoms with Gasteiger partial charge in [-0.15, -0.1) is 0 Å². The first kappa shape index (κ1) is 53.1. The fourth-order valence-electron chi connectivity index (χ4n) is 14.1. The first-order valence-electron chi connectivity index (χ1n) is 29.3. The molecule has 0 amide bonds. The zero-order valence-electron chi connectivity index (χ0n) is 48.0. The fraction of sp³-hybridized carbons (Fsp3) is 0.221. The molecule has 0 saturated carbocycles. The molecule has 0 radical (unpaired) electrons. The minimum absolute atomic E-state index is 0.396. The molecule has 0 spiro atoms. The number of hydrogen-bond donors (Lipinski definition) is 0. The van der Waals surface area contributed by atoms with E-state index >= 15 is 0 Å². The molecule has 81 heavy (non-hydrogen) atoms. The molecule has 0 aromatic heterocycles. The van der Waals surface area contributed by atoms with Crippen LogP contribution in [0, 0.1) is 27.7 Å². The Balaban J connectivity index is 1.16. The molecule has 2 aliphatic heterocycles. The number of halogens is 2. The summed E-state index contributed by atoms with van der Waals surface area (Å²) in [6.45, 7) is 18.3. The third-order valence-corrected chi connectivity index (χ3v) is 19.4. The highest BCUT2D eigenvalue weighted by molar-refractivity contribution is 9.10. The highest BCUT2D eigenvalue weighted by Crippen LogP contribution is 2.65. The summed E-state index contributed by atoms with van der Waals surface area (Å²) >= 11 is 8.13. The van der Waals surface area contributed by atoms with Crippen LogP contribution in [0.2, 0.25) is 0 Å². The SMILES string of the molecule is CCCCc1ccc(N2c3ccc(Br)cc3C(c3ccc(C)cc3)(c3ccc(C)cc3)c3cc4c(cc32)C(C)(C)c2cc3c(cc2-4)C(c2ccc(C)cc2)(c2ccc(C)cc2)c2cc(Br)ccc2N3c2ccc(CCCC)cc2)cc1. The van der Waals surface area contributed by atoms with E-state index in [0.29, 0.717) is 0 Å². The van der Waals surface area contributed by atoms with Gasteiger partial charge >= 0.3 is 0 Å². The molecule has 3 aliphatic rings. The van der Waals surface area contributed by atoms with Gasteiger partial charge in [-0.2, -0.15) is 0 Å². The van der Waals surface area contributed by atoms with Crippen LogP contribution in [0.5, 0.6) is 0 Å². The molecule has 10 aromatic rings. The Morgan fingerprint density at radius 3 is 0.951 bits per heavy atom. The second-order valence-corrected chi connectivity index (χ2v) is 25.8. The van der Waals surface area contributed by atoms with Gasteiger partial charge in [0.25, 0.3) is 0 Å². The molecule has 0 unspecified atom stereocenters. The Kier molecular flexibility index (Phi) is 13.5. The van der Waals surface area contributed by atoms with Crippen LogP contribution in [0.25, 0.3) is 11.1 Å². The Morgan fingerprint density at radius 1 is 0.333 bits per heavy atom. The van der Waals surface area contributed by atoms with Gasteiger partial charge in [0.15, 0.2) is 0 Å². The molecule has 2 nitrogen and oxygen atoms in total. The van der Waals surface area contributed by atoms with Crippen LogP contribution in [0.4, 0.5) is 34.1 Å². The van der Waals surface area contributed by atoms with Gasteiger partial charge in [-0.05, 0) is 216 Å². The van der Waals surface area contributed by atoms with Crippen molar-refractivity contribution in [3.63, 3.8) is 0 Å². The molecule has 2 heterocycles. The van der Waals surface area contributed by atoms with Gasteiger partial charge in [0.2, 0.25) is 0 Å². The number of fused-ring (bicyclic) bond motifs is 7. The second-order valence-electron chi connectivity index (χ2n) is 24.0. The van der Waals surface area contributed by atoms with E-state index in [1.165, 1.54) is 149 Å². The lowest BCUT2D eigenvalue weighted by molar-refractivity contribution is 0.656. The molecule has 0 N–H and O–H groups in total. The topological polar surface area (TPSA) is 6.48 Å². The van der Waals surface area contributed by atoms with Crippen LogP contribution in [-0.4, -0.2) is 0 Å². The van der Waals surface area contributed by atoms with Crippen molar-refractivity contribution in [2.45, 2.75) is 110 Å². The number of hydrogen-bond acceptors (Lipinski definition) is 2. The number of nitrogens with zero attached hydrogens (tertiary/aromatic N) is 2. The zero-order chi connectivity index (χ0) is 56.0. The molecule has 0 saturated heterocycles. The van der Waals surface area contributed by atoms with Gasteiger partial charge in [0.05, 0.1) is 33.6 Å². The third kappa shape index (κ3) is 8.52. The van der Waals surface area contributed by atoms with Crippen LogP contribution >= 0.6 is 31.9 Å². The van der Waals surface area contributed by atoms with E-state index in [4.69, 9.17) is 0 Å². The van der Waals surface area contributed by atoms with Crippen molar-refractivity contribution in [1.29, 1.82) is 0 Å². The monoisotopic (exact) mass is 1180 g/mol. The largest absolute Gasteiger partial charge is 0.310 e. The van der Waals surface area contributed by atoms with Crippen LogP contribution in [0.3, 0.4) is 0 Å². The molecule has 402 valence electrons. The van der Waals surface area contributed by atoms with Crippen molar-refractivity contribution in [3.05, 3.63) is 304 Å². The van der Waals surface area contributed by atoms with Crippen LogP contribution in [0.15, 0.2) is 215 Å². The summed E-state index contributed by atoms with van der Waals surface area (Å²) < 4.78 is 2.11. The lowest BCUT2D eigenvalue weighted by atomic mass is 9.61. The van der Waals surface area contributed by atoms with Crippen LogP contribution < -0.4 is 9.80 Å². The summed E-state index contributed by atoms with van der Waals surface area (Å²) in [5.41, 5.74) is 28.2. The van der Waals surface area contributed by atoms with Gasteiger partial charge in [0.1, 0.15) is 0 Å². The van der Waals surface area contributed by atoms with Crippen molar-refractivity contribution < 1.29 is 0 Å². The predicted octanol–water partition coefficient (Wildman–Crippen LogP) is 21.8. The van der Waals surface area contributed by atoms with Gasteiger partial charge in [-0.3, -0.25) is 0 Å². The Morgan fingerprint density at radius 2 is 0.642 bits per heavy atom. The number of anilines is 6. The Hall–Kier alpha value is -7.24. The summed E-state index contributed by atoms with van der Waals surface area (Å²) in [7, 11) is 0. The summed E-state index contributed by atoms with van der Waals surface area (Å²) in [5, 5.41) is 0.